The van der Waals surface area contributed by atoms with Crippen LogP contribution in [0.25, 0.3) is 0 Å². The van der Waals surface area contributed by atoms with Gasteiger partial charge in [-0.05, 0) is 89.9 Å². The molecule has 0 saturated heterocycles. The van der Waals surface area contributed by atoms with Gasteiger partial charge in [0, 0.05) is 6.42 Å². The Morgan fingerprint density at radius 1 is 0.508 bits per heavy atom. The van der Waals surface area contributed by atoms with E-state index < -0.39 is 18.2 Å². The third kappa shape index (κ3) is 41.8. The average Bonchev–Trinajstić information content (AvgIpc) is 3.23. The highest BCUT2D eigenvalue weighted by molar-refractivity contribution is 5.77. The van der Waals surface area contributed by atoms with E-state index in [1.807, 2.05) is 0 Å². The number of amides is 1. The van der Waals surface area contributed by atoms with Crippen molar-refractivity contribution < 1.29 is 24.5 Å². The van der Waals surface area contributed by atoms with Crippen LogP contribution >= 0.6 is 0 Å². The maximum atomic E-state index is 13.1. The summed E-state index contributed by atoms with van der Waals surface area (Å²) >= 11 is 0. The van der Waals surface area contributed by atoms with Gasteiger partial charge in [0.1, 0.15) is 6.10 Å². The number of carbonyl (C=O) groups excluding carboxylic acids is 2. The van der Waals surface area contributed by atoms with Crippen LogP contribution in [0, 0.1) is 0 Å². The summed E-state index contributed by atoms with van der Waals surface area (Å²) in [5.41, 5.74) is 0. The minimum absolute atomic E-state index is 0.0415. The van der Waals surface area contributed by atoms with Crippen molar-refractivity contribution in [3.8, 4) is 0 Å². The van der Waals surface area contributed by atoms with Crippen molar-refractivity contribution in [2.75, 3.05) is 6.61 Å². The molecule has 6 heteroatoms. The molecule has 6 nitrogen and oxygen atoms in total. The summed E-state index contributed by atoms with van der Waals surface area (Å²) in [4.78, 5) is 26.0. The monoisotopic (exact) mass is 824 g/mol. The summed E-state index contributed by atoms with van der Waals surface area (Å²) in [6.07, 6.45) is 58.2. The molecule has 0 aromatic carbocycles. The van der Waals surface area contributed by atoms with Gasteiger partial charge in [0.2, 0.25) is 5.91 Å². The Morgan fingerprint density at radius 2 is 0.915 bits per heavy atom. The van der Waals surface area contributed by atoms with Gasteiger partial charge in [0.05, 0.1) is 25.2 Å². The molecule has 0 aliphatic rings. The molecular formula is C53H93NO5. The van der Waals surface area contributed by atoms with Crippen LogP contribution in [0.15, 0.2) is 72.9 Å². The lowest BCUT2D eigenvalue weighted by molar-refractivity contribution is -0.151. The predicted molar refractivity (Wildman–Crippen MR) is 255 cm³/mol. The molecule has 3 unspecified atom stereocenters. The Bertz CT molecular complexity index is 1110. The first-order valence-corrected chi connectivity index (χ1v) is 24.7. The quantitative estimate of drug-likeness (QED) is 0.0323. The molecule has 0 aliphatic heterocycles. The van der Waals surface area contributed by atoms with Gasteiger partial charge in [0.15, 0.2) is 0 Å². The largest absolute Gasteiger partial charge is 0.462 e. The maximum absolute atomic E-state index is 13.1. The summed E-state index contributed by atoms with van der Waals surface area (Å²) < 4.78 is 5.87. The third-order valence-corrected chi connectivity index (χ3v) is 10.8. The van der Waals surface area contributed by atoms with Gasteiger partial charge in [-0.25, -0.2) is 0 Å². The molecule has 1 amide bonds. The Hall–Kier alpha value is -2.70. The third-order valence-electron chi connectivity index (χ3n) is 10.8. The van der Waals surface area contributed by atoms with Gasteiger partial charge in [0.25, 0.3) is 0 Å². The predicted octanol–water partition coefficient (Wildman–Crippen LogP) is 14.6. The molecule has 0 aliphatic carbocycles. The van der Waals surface area contributed by atoms with E-state index in [1.165, 1.54) is 83.5 Å². The van der Waals surface area contributed by atoms with Crippen molar-refractivity contribution in [2.24, 2.45) is 0 Å². The molecular weight excluding hydrogens is 731 g/mol. The number of aliphatic hydroxyl groups is 2. The number of unbranched alkanes of at least 4 members (excludes halogenated alkanes) is 19. The van der Waals surface area contributed by atoms with Crippen molar-refractivity contribution in [1.29, 1.82) is 0 Å². The highest BCUT2D eigenvalue weighted by Crippen LogP contribution is 2.17. The number of ether oxygens (including phenoxy) is 1. The molecule has 3 atom stereocenters. The lowest BCUT2D eigenvalue weighted by Crippen LogP contribution is -2.46. The van der Waals surface area contributed by atoms with Crippen molar-refractivity contribution in [2.45, 2.75) is 244 Å². The van der Waals surface area contributed by atoms with Crippen molar-refractivity contribution in [3.05, 3.63) is 72.9 Å². The molecule has 59 heavy (non-hydrogen) atoms. The topological polar surface area (TPSA) is 95.9 Å². The molecule has 0 radical (unpaired) electrons. The molecule has 0 bridgehead atoms. The highest BCUT2D eigenvalue weighted by Gasteiger charge is 2.24. The first-order valence-electron chi connectivity index (χ1n) is 24.7. The maximum Gasteiger partial charge on any atom is 0.306 e. The standard InChI is InChI=1S/C53H93NO5/c1-4-7-10-13-16-19-22-24-25-26-27-29-31-34-37-40-43-46-53(58)59-49(44-41-38-35-32-21-18-15-12-9-6-3)47-52(57)54-50(48-55)51(56)45-42-39-36-33-30-28-23-20-17-14-11-8-5-2/h7,10,16,18-19,21,24-25,27,29,34,37,49-51,55-56H,4-6,8-9,11-15,17,20,22-23,26,28,30-33,35-36,38-48H2,1-3H3,(H,54,57)/b10-7-,19-16-,21-18-,25-24-,29-27-,37-34-. The van der Waals surface area contributed by atoms with Crippen LogP contribution < -0.4 is 5.32 Å². The normalized spacial score (nSPS) is 13.9. The van der Waals surface area contributed by atoms with Crippen molar-refractivity contribution in [1.82, 2.24) is 5.32 Å². The van der Waals surface area contributed by atoms with E-state index in [9.17, 15) is 19.8 Å². The van der Waals surface area contributed by atoms with E-state index in [1.54, 1.807) is 0 Å². The summed E-state index contributed by atoms with van der Waals surface area (Å²) in [6.45, 7) is 6.31. The Balaban J connectivity index is 4.63. The highest BCUT2D eigenvalue weighted by atomic mass is 16.5. The zero-order valence-corrected chi connectivity index (χ0v) is 38.6. The SMILES string of the molecule is CC/C=C\C/C=C\C/C=C\C/C=C\C/C=C\CCCC(=O)OC(CCCCC/C=C\CCCCC)CC(=O)NC(CO)C(O)CCCCCCCCCCCCCCC. The Kier molecular flexibility index (Phi) is 44.2. The zero-order chi connectivity index (χ0) is 43.1. The first kappa shape index (κ1) is 56.3. The van der Waals surface area contributed by atoms with Crippen LogP contribution in [0.2, 0.25) is 0 Å². The van der Waals surface area contributed by atoms with Crippen LogP contribution in [-0.4, -0.2) is 46.9 Å². The summed E-state index contributed by atoms with van der Waals surface area (Å²) in [7, 11) is 0. The summed E-state index contributed by atoms with van der Waals surface area (Å²) in [6, 6.07) is -0.719. The molecule has 0 spiro atoms. The summed E-state index contributed by atoms with van der Waals surface area (Å²) in [5, 5.41) is 23.7. The lowest BCUT2D eigenvalue weighted by Gasteiger charge is -2.24. The Morgan fingerprint density at radius 3 is 1.44 bits per heavy atom. The van der Waals surface area contributed by atoms with Gasteiger partial charge in [-0.3, -0.25) is 9.59 Å². The van der Waals surface area contributed by atoms with Gasteiger partial charge in [-0.2, -0.15) is 0 Å². The van der Waals surface area contributed by atoms with E-state index in [2.05, 4.69) is 99.0 Å². The van der Waals surface area contributed by atoms with Crippen molar-refractivity contribution in [3.63, 3.8) is 0 Å². The van der Waals surface area contributed by atoms with E-state index in [-0.39, 0.29) is 24.9 Å². The van der Waals surface area contributed by atoms with Gasteiger partial charge < -0.3 is 20.3 Å². The smallest absolute Gasteiger partial charge is 0.306 e. The first-order chi connectivity index (χ1) is 29.0. The van der Waals surface area contributed by atoms with E-state index in [4.69, 9.17) is 4.74 Å². The second-order valence-corrected chi connectivity index (χ2v) is 16.5. The van der Waals surface area contributed by atoms with Gasteiger partial charge in [-0.15, -0.1) is 0 Å². The number of hydrogen-bond donors (Lipinski definition) is 3. The Labute approximate surface area is 364 Å². The second-order valence-electron chi connectivity index (χ2n) is 16.5. The second kappa shape index (κ2) is 46.4. The zero-order valence-electron chi connectivity index (χ0n) is 38.6. The van der Waals surface area contributed by atoms with Crippen LogP contribution in [0.5, 0.6) is 0 Å². The minimum atomic E-state index is -0.802. The van der Waals surface area contributed by atoms with E-state index in [0.717, 1.165) is 89.9 Å². The fourth-order valence-electron chi connectivity index (χ4n) is 7.05. The van der Waals surface area contributed by atoms with Crippen LogP contribution in [-0.2, 0) is 14.3 Å². The average molecular weight is 824 g/mol. The molecule has 340 valence electrons. The molecule has 0 saturated carbocycles. The molecule has 3 N–H and O–H groups in total. The van der Waals surface area contributed by atoms with Gasteiger partial charge >= 0.3 is 5.97 Å². The van der Waals surface area contributed by atoms with Crippen LogP contribution in [0.1, 0.15) is 226 Å². The number of nitrogens with one attached hydrogen (secondary N) is 1. The van der Waals surface area contributed by atoms with Gasteiger partial charge in [-0.1, -0.05) is 196 Å². The fourth-order valence-corrected chi connectivity index (χ4v) is 7.05. The van der Waals surface area contributed by atoms with E-state index in [0.29, 0.717) is 25.7 Å². The molecule has 0 rings (SSSR count). The molecule has 0 fully saturated rings. The number of esters is 1. The lowest BCUT2D eigenvalue weighted by atomic mass is 10.0. The number of rotatable bonds is 43. The minimum Gasteiger partial charge on any atom is -0.462 e. The molecule has 0 aromatic heterocycles. The number of aliphatic hydroxyl groups excluding tert-OH is 2. The number of allylic oxidation sites excluding steroid dienone is 12. The van der Waals surface area contributed by atoms with E-state index >= 15 is 0 Å². The van der Waals surface area contributed by atoms with Crippen LogP contribution in [0.3, 0.4) is 0 Å². The molecule has 0 heterocycles. The number of carbonyl (C=O) groups is 2. The number of hydrogen-bond acceptors (Lipinski definition) is 5. The fraction of sp³-hybridized carbons (Fsp3) is 0.736. The molecule has 0 aromatic rings. The van der Waals surface area contributed by atoms with Crippen molar-refractivity contribution >= 4 is 11.9 Å². The van der Waals surface area contributed by atoms with Crippen LogP contribution in [0.4, 0.5) is 0 Å². The summed E-state index contributed by atoms with van der Waals surface area (Å²) in [5.74, 6) is -0.564.